The Morgan fingerprint density at radius 2 is 1.79 bits per heavy atom. The molecule has 0 bridgehead atoms. The molecule has 24 heavy (non-hydrogen) atoms. The highest BCUT2D eigenvalue weighted by molar-refractivity contribution is 5.29. The fraction of sp³-hybridized carbons (Fsp3) is 0.550. The lowest BCUT2D eigenvalue weighted by molar-refractivity contribution is 0.131. The quantitative estimate of drug-likeness (QED) is 0.809. The average Bonchev–Trinajstić information content (AvgIpc) is 2.90. The van der Waals surface area contributed by atoms with Crippen LogP contribution in [0.15, 0.2) is 36.7 Å². The van der Waals surface area contributed by atoms with E-state index in [0.717, 1.165) is 24.7 Å². The second-order valence-corrected chi connectivity index (χ2v) is 7.78. The number of hydrogen-bond acceptors (Lipinski definition) is 3. The van der Waals surface area contributed by atoms with Crippen molar-refractivity contribution in [3.63, 3.8) is 0 Å². The number of nitrogens with one attached hydrogen (secondary N) is 1. The lowest BCUT2D eigenvalue weighted by Crippen LogP contribution is -2.23. The van der Waals surface area contributed by atoms with Gasteiger partial charge >= 0.3 is 0 Å². The monoisotopic (exact) mass is 329 g/mol. The Balaban J connectivity index is 1.93. The summed E-state index contributed by atoms with van der Waals surface area (Å²) in [5, 5.41) is 3.56. The van der Waals surface area contributed by atoms with E-state index >= 15 is 0 Å². The Kier molecular flexibility index (Phi) is 6.05. The Bertz CT molecular complexity index is 623. The van der Waals surface area contributed by atoms with Crippen LogP contribution < -0.4 is 10.1 Å². The minimum Gasteiger partial charge on any atom is -0.488 e. The average molecular weight is 329 g/mol. The smallest absolute Gasteiger partial charge is 0.122 e. The molecule has 1 aromatic carbocycles. The van der Waals surface area contributed by atoms with E-state index in [0.29, 0.717) is 5.92 Å². The first kappa shape index (κ1) is 18.5. The van der Waals surface area contributed by atoms with E-state index in [1.165, 1.54) is 5.56 Å². The Morgan fingerprint density at radius 3 is 2.38 bits per heavy atom. The minimum absolute atomic E-state index is 0.168. The zero-order chi connectivity index (χ0) is 17.7. The third-order valence-corrected chi connectivity index (χ3v) is 3.73. The summed E-state index contributed by atoms with van der Waals surface area (Å²) in [6.45, 7) is 14.6. The predicted octanol–water partition coefficient (Wildman–Crippen LogP) is 4.57. The highest BCUT2D eigenvalue weighted by Gasteiger charge is 2.13. The molecule has 4 nitrogen and oxygen atoms in total. The maximum absolute atomic E-state index is 5.87. The molecule has 1 unspecified atom stereocenters. The molecule has 0 saturated heterocycles. The van der Waals surface area contributed by atoms with Crippen molar-refractivity contribution in [3.8, 4) is 5.75 Å². The van der Waals surface area contributed by atoms with E-state index in [4.69, 9.17) is 4.74 Å². The molecule has 1 atom stereocenters. The first-order chi connectivity index (χ1) is 11.2. The van der Waals surface area contributed by atoms with Crippen LogP contribution in [0.5, 0.6) is 5.75 Å². The summed E-state index contributed by atoms with van der Waals surface area (Å²) >= 11 is 0. The van der Waals surface area contributed by atoms with Crippen molar-refractivity contribution < 1.29 is 4.74 Å². The first-order valence-electron chi connectivity index (χ1n) is 8.77. The van der Waals surface area contributed by atoms with Gasteiger partial charge in [-0.05, 0) is 51.3 Å². The number of hydrogen-bond donors (Lipinski definition) is 1. The second kappa shape index (κ2) is 7.84. The molecule has 1 aromatic heterocycles. The van der Waals surface area contributed by atoms with Crippen molar-refractivity contribution in [1.29, 1.82) is 0 Å². The van der Waals surface area contributed by atoms with Crippen LogP contribution in [0, 0.1) is 5.92 Å². The van der Waals surface area contributed by atoms with Crippen LogP contribution in [0.4, 0.5) is 0 Å². The minimum atomic E-state index is -0.168. The van der Waals surface area contributed by atoms with Crippen LogP contribution >= 0.6 is 0 Å². The van der Waals surface area contributed by atoms with Gasteiger partial charge in [0.15, 0.2) is 0 Å². The van der Waals surface area contributed by atoms with Gasteiger partial charge in [-0.3, -0.25) is 0 Å². The molecule has 1 N–H and O–H groups in total. The molecule has 2 rings (SSSR count). The maximum Gasteiger partial charge on any atom is 0.122 e. The van der Waals surface area contributed by atoms with Crippen molar-refractivity contribution in [2.24, 2.45) is 5.92 Å². The zero-order valence-electron chi connectivity index (χ0n) is 15.8. The number of aromatic nitrogens is 2. The van der Waals surface area contributed by atoms with Gasteiger partial charge in [0.05, 0.1) is 6.54 Å². The molecule has 0 amide bonds. The van der Waals surface area contributed by atoms with E-state index in [2.05, 4.69) is 74.7 Å². The van der Waals surface area contributed by atoms with Crippen LogP contribution in [-0.2, 0) is 13.1 Å². The first-order valence-corrected chi connectivity index (χ1v) is 8.77. The fourth-order valence-corrected chi connectivity index (χ4v) is 2.61. The normalized spacial score (nSPS) is 13.3. The van der Waals surface area contributed by atoms with Crippen molar-refractivity contribution in [3.05, 3.63) is 48.0 Å². The van der Waals surface area contributed by atoms with Crippen LogP contribution in [0.25, 0.3) is 0 Å². The number of imidazole rings is 1. The van der Waals surface area contributed by atoms with Crippen molar-refractivity contribution >= 4 is 0 Å². The van der Waals surface area contributed by atoms with E-state index in [1.54, 1.807) is 0 Å². The van der Waals surface area contributed by atoms with Gasteiger partial charge in [-0.25, -0.2) is 4.98 Å². The molecular formula is C20H31N3O. The number of benzene rings is 1. The Labute approximate surface area is 146 Å². The number of rotatable bonds is 7. The van der Waals surface area contributed by atoms with Crippen LogP contribution in [0.3, 0.4) is 0 Å². The van der Waals surface area contributed by atoms with Crippen LogP contribution in [0.1, 0.15) is 59.0 Å². The number of nitrogens with zero attached hydrogens (tertiary/aromatic N) is 2. The predicted molar refractivity (Wildman–Crippen MR) is 99.1 cm³/mol. The summed E-state index contributed by atoms with van der Waals surface area (Å²) in [7, 11) is 0. The Morgan fingerprint density at radius 1 is 1.12 bits per heavy atom. The van der Waals surface area contributed by atoms with Crippen molar-refractivity contribution in [2.75, 3.05) is 0 Å². The van der Waals surface area contributed by atoms with Gasteiger partial charge in [-0.2, -0.15) is 0 Å². The molecule has 0 fully saturated rings. The largest absolute Gasteiger partial charge is 0.488 e. The molecule has 132 valence electrons. The van der Waals surface area contributed by atoms with Gasteiger partial charge in [-0.1, -0.05) is 26.0 Å². The van der Waals surface area contributed by atoms with Gasteiger partial charge in [0.1, 0.15) is 17.2 Å². The summed E-state index contributed by atoms with van der Waals surface area (Å²) in [6, 6.07) is 8.59. The highest BCUT2D eigenvalue weighted by atomic mass is 16.5. The summed E-state index contributed by atoms with van der Waals surface area (Å²) in [5.41, 5.74) is 1.08. The molecule has 0 spiro atoms. The highest BCUT2D eigenvalue weighted by Crippen LogP contribution is 2.21. The lowest BCUT2D eigenvalue weighted by Gasteiger charge is -2.22. The second-order valence-electron chi connectivity index (χ2n) is 7.78. The number of ether oxygens (including phenoxy) is 1. The van der Waals surface area contributed by atoms with E-state index < -0.39 is 0 Å². The van der Waals surface area contributed by atoms with Crippen LogP contribution in [0.2, 0.25) is 0 Å². The molecule has 0 aliphatic heterocycles. The van der Waals surface area contributed by atoms with Gasteiger partial charge in [0.25, 0.3) is 0 Å². The molecule has 4 heteroatoms. The molecule has 0 saturated carbocycles. The summed E-state index contributed by atoms with van der Waals surface area (Å²) in [5.74, 6) is 2.61. The fourth-order valence-electron chi connectivity index (χ4n) is 2.61. The van der Waals surface area contributed by atoms with E-state index in [-0.39, 0.29) is 11.6 Å². The van der Waals surface area contributed by atoms with E-state index in [9.17, 15) is 0 Å². The molecule has 1 heterocycles. The SMILES string of the molecule is CC(C)Cn1ccnc1CNC(C)c1ccc(OC(C)(C)C)cc1. The van der Waals surface area contributed by atoms with Gasteiger partial charge < -0.3 is 14.6 Å². The zero-order valence-corrected chi connectivity index (χ0v) is 15.8. The molecule has 2 aromatic rings. The molecule has 0 aliphatic carbocycles. The standard InChI is InChI=1S/C20H31N3O/c1-15(2)14-23-12-11-21-19(23)13-22-16(3)17-7-9-18(10-8-17)24-20(4,5)6/h7-12,15-16,22H,13-14H2,1-6H3. The molecule has 0 aliphatic rings. The maximum atomic E-state index is 5.87. The Hall–Kier alpha value is -1.81. The summed E-state index contributed by atoms with van der Waals surface area (Å²) in [4.78, 5) is 4.47. The molecule has 0 radical (unpaired) electrons. The van der Waals surface area contributed by atoms with Gasteiger partial charge in [0.2, 0.25) is 0 Å². The van der Waals surface area contributed by atoms with Crippen molar-refractivity contribution in [2.45, 2.75) is 66.3 Å². The third kappa shape index (κ3) is 5.68. The van der Waals surface area contributed by atoms with Gasteiger partial charge in [0, 0.05) is 25.0 Å². The topological polar surface area (TPSA) is 39.1 Å². The molecular weight excluding hydrogens is 298 g/mol. The van der Waals surface area contributed by atoms with Gasteiger partial charge in [-0.15, -0.1) is 0 Å². The lowest BCUT2D eigenvalue weighted by atomic mass is 10.1. The van der Waals surface area contributed by atoms with Crippen LogP contribution in [-0.4, -0.2) is 15.2 Å². The summed E-state index contributed by atoms with van der Waals surface area (Å²) < 4.78 is 8.10. The third-order valence-electron chi connectivity index (χ3n) is 3.73. The van der Waals surface area contributed by atoms with E-state index in [1.807, 2.05) is 18.3 Å². The summed E-state index contributed by atoms with van der Waals surface area (Å²) in [6.07, 6.45) is 3.93. The van der Waals surface area contributed by atoms with Crippen molar-refractivity contribution in [1.82, 2.24) is 14.9 Å².